The van der Waals surface area contributed by atoms with Gasteiger partial charge in [0.15, 0.2) is 18.1 Å². The first-order valence-corrected chi connectivity index (χ1v) is 7.75. The van der Waals surface area contributed by atoms with Crippen LogP contribution in [0.15, 0.2) is 42.5 Å². The molecule has 24 heavy (non-hydrogen) atoms. The Morgan fingerprint density at radius 3 is 2.42 bits per heavy atom. The van der Waals surface area contributed by atoms with Crippen molar-refractivity contribution in [2.24, 2.45) is 0 Å². The number of likely N-dealkylation sites (N-methyl/N-ethyl adjacent to an activating group) is 1. The van der Waals surface area contributed by atoms with E-state index in [-0.39, 0.29) is 12.5 Å². The van der Waals surface area contributed by atoms with Crippen molar-refractivity contribution in [2.45, 2.75) is 6.54 Å². The fourth-order valence-corrected chi connectivity index (χ4v) is 2.42. The lowest BCUT2D eigenvalue weighted by molar-refractivity contribution is -0.132. The molecule has 0 fully saturated rings. The Labute approximate surface area is 146 Å². The van der Waals surface area contributed by atoms with Gasteiger partial charge < -0.3 is 19.1 Å². The lowest BCUT2D eigenvalue weighted by Gasteiger charge is -2.20. The van der Waals surface area contributed by atoms with E-state index in [1.54, 1.807) is 50.4 Å². The molecule has 0 heterocycles. The maximum Gasteiger partial charge on any atom is 0.260 e. The minimum atomic E-state index is -0.167. The number of hydrogen-bond acceptors (Lipinski definition) is 4. The van der Waals surface area contributed by atoms with E-state index in [2.05, 4.69) is 0 Å². The summed E-state index contributed by atoms with van der Waals surface area (Å²) in [6.45, 7) is 0.289. The smallest absolute Gasteiger partial charge is 0.260 e. The summed E-state index contributed by atoms with van der Waals surface area (Å²) in [7, 11) is 4.86. The predicted molar refractivity (Wildman–Crippen MR) is 93.0 cm³/mol. The summed E-state index contributed by atoms with van der Waals surface area (Å²) in [5.74, 6) is 1.56. The van der Waals surface area contributed by atoms with Crippen LogP contribution in [0.1, 0.15) is 5.56 Å². The lowest BCUT2D eigenvalue weighted by Crippen LogP contribution is -2.31. The van der Waals surface area contributed by atoms with Gasteiger partial charge >= 0.3 is 0 Å². The molecule has 0 aliphatic rings. The predicted octanol–water partition coefficient (Wildman–Crippen LogP) is 3.39. The third kappa shape index (κ3) is 4.32. The minimum absolute atomic E-state index is 0.0908. The highest BCUT2D eigenvalue weighted by Gasteiger charge is 2.15. The van der Waals surface area contributed by atoms with Gasteiger partial charge in [0.1, 0.15) is 5.75 Å². The maximum absolute atomic E-state index is 12.3. The van der Waals surface area contributed by atoms with Crippen molar-refractivity contribution in [3.63, 3.8) is 0 Å². The van der Waals surface area contributed by atoms with Crippen LogP contribution < -0.4 is 14.2 Å². The van der Waals surface area contributed by atoms with E-state index in [4.69, 9.17) is 25.8 Å². The van der Waals surface area contributed by atoms with E-state index in [1.165, 1.54) is 0 Å². The molecule has 2 aromatic rings. The number of amides is 1. The number of methoxy groups -OCH3 is 2. The van der Waals surface area contributed by atoms with Crippen molar-refractivity contribution in [3.8, 4) is 17.2 Å². The average Bonchev–Trinajstić information content (AvgIpc) is 2.60. The number of ether oxygens (including phenoxy) is 3. The molecule has 2 rings (SSSR count). The second kappa shape index (κ2) is 8.45. The van der Waals surface area contributed by atoms with E-state index in [0.717, 1.165) is 5.56 Å². The molecule has 0 unspecified atom stereocenters. The van der Waals surface area contributed by atoms with Gasteiger partial charge in [-0.2, -0.15) is 0 Å². The molecule has 2 aromatic carbocycles. The van der Waals surface area contributed by atoms with Crippen molar-refractivity contribution in [3.05, 3.63) is 53.1 Å². The Bertz CT molecular complexity index is 705. The standard InChI is InChI=1S/C18H20ClNO4/c1-20(11-13-7-6-10-16(22-2)18(13)23-3)17(21)12-24-15-9-5-4-8-14(15)19/h4-10H,11-12H2,1-3H3. The normalized spacial score (nSPS) is 10.2. The molecular formula is C18H20ClNO4. The van der Waals surface area contributed by atoms with Crippen molar-refractivity contribution in [2.75, 3.05) is 27.9 Å². The third-order valence-electron chi connectivity index (χ3n) is 3.51. The molecule has 0 saturated carbocycles. The van der Waals surface area contributed by atoms with Crippen molar-refractivity contribution < 1.29 is 19.0 Å². The number of nitrogens with zero attached hydrogens (tertiary/aromatic N) is 1. The zero-order chi connectivity index (χ0) is 17.5. The van der Waals surface area contributed by atoms with Gasteiger partial charge in [-0.05, 0) is 18.2 Å². The third-order valence-corrected chi connectivity index (χ3v) is 3.82. The van der Waals surface area contributed by atoms with E-state index >= 15 is 0 Å². The SMILES string of the molecule is COc1cccc(CN(C)C(=O)COc2ccccc2Cl)c1OC. The van der Waals surface area contributed by atoms with Gasteiger partial charge in [0.2, 0.25) is 0 Å². The van der Waals surface area contributed by atoms with Crippen LogP contribution in [-0.2, 0) is 11.3 Å². The molecular weight excluding hydrogens is 330 g/mol. The molecule has 0 bridgehead atoms. The van der Waals surface area contributed by atoms with Crippen molar-refractivity contribution >= 4 is 17.5 Å². The van der Waals surface area contributed by atoms with Gasteiger partial charge in [-0.3, -0.25) is 4.79 Å². The summed E-state index contributed by atoms with van der Waals surface area (Å²) in [6.07, 6.45) is 0. The van der Waals surface area contributed by atoms with Crippen LogP contribution in [0.3, 0.4) is 0 Å². The summed E-state index contributed by atoms with van der Waals surface area (Å²) in [4.78, 5) is 13.8. The molecule has 1 amide bonds. The lowest BCUT2D eigenvalue weighted by atomic mass is 10.1. The molecule has 0 radical (unpaired) electrons. The van der Waals surface area contributed by atoms with Crippen LogP contribution in [0.5, 0.6) is 17.2 Å². The van der Waals surface area contributed by atoms with Crippen LogP contribution in [0.4, 0.5) is 0 Å². The maximum atomic E-state index is 12.3. The number of rotatable bonds is 7. The number of hydrogen-bond donors (Lipinski definition) is 0. The fraction of sp³-hybridized carbons (Fsp3) is 0.278. The molecule has 0 atom stereocenters. The Hall–Kier alpha value is -2.40. The molecule has 0 aliphatic carbocycles. The van der Waals surface area contributed by atoms with Crippen LogP contribution in [-0.4, -0.2) is 38.7 Å². The number of carbonyl (C=O) groups is 1. The molecule has 0 spiro atoms. The minimum Gasteiger partial charge on any atom is -0.493 e. The zero-order valence-corrected chi connectivity index (χ0v) is 14.7. The summed E-state index contributed by atoms with van der Waals surface area (Å²) in [6, 6.07) is 12.6. The van der Waals surface area contributed by atoms with Gasteiger partial charge in [0.25, 0.3) is 5.91 Å². The highest BCUT2D eigenvalue weighted by Crippen LogP contribution is 2.31. The van der Waals surface area contributed by atoms with Crippen molar-refractivity contribution in [1.29, 1.82) is 0 Å². The highest BCUT2D eigenvalue weighted by molar-refractivity contribution is 6.32. The fourth-order valence-electron chi connectivity index (χ4n) is 2.23. The molecule has 0 saturated heterocycles. The first-order chi connectivity index (χ1) is 11.6. The molecule has 0 N–H and O–H groups in total. The molecule has 0 aliphatic heterocycles. The monoisotopic (exact) mass is 349 g/mol. The zero-order valence-electron chi connectivity index (χ0n) is 13.9. The topological polar surface area (TPSA) is 48.0 Å². The molecule has 0 aromatic heterocycles. The van der Waals surface area contributed by atoms with Crippen LogP contribution in [0.2, 0.25) is 5.02 Å². The van der Waals surface area contributed by atoms with Crippen LogP contribution in [0, 0.1) is 0 Å². The second-order valence-corrected chi connectivity index (χ2v) is 5.53. The second-order valence-electron chi connectivity index (χ2n) is 5.12. The van der Waals surface area contributed by atoms with Gasteiger partial charge in [-0.1, -0.05) is 35.9 Å². The Balaban J connectivity index is 2.00. The summed E-state index contributed by atoms with van der Waals surface area (Å²) >= 11 is 6.01. The Kier molecular flexibility index (Phi) is 6.32. The van der Waals surface area contributed by atoms with Gasteiger partial charge in [-0.25, -0.2) is 0 Å². The van der Waals surface area contributed by atoms with Crippen LogP contribution >= 0.6 is 11.6 Å². The number of carbonyl (C=O) groups excluding carboxylic acids is 1. The van der Waals surface area contributed by atoms with Crippen LogP contribution in [0.25, 0.3) is 0 Å². The van der Waals surface area contributed by atoms with Gasteiger partial charge in [0.05, 0.1) is 19.2 Å². The quantitative estimate of drug-likeness (QED) is 0.768. The van der Waals surface area contributed by atoms with E-state index in [1.807, 2.05) is 18.2 Å². The van der Waals surface area contributed by atoms with E-state index < -0.39 is 0 Å². The molecule has 5 nitrogen and oxygen atoms in total. The number of para-hydroxylation sites is 2. The van der Waals surface area contributed by atoms with Crippen molar-refractivity contribution in [1.82, 2.24) is 4.90 Å². The van der Waals surface area contributed by atoms with Gasteiger partial charge in [-0.15, -0.1) is 0 Å². The Morgan fingerprint density at radius 2 is 1.75 bits per heavy atom. The Morgan fingerprint density at radius 1 is 1.04 bits per heavy atom. The molecule has 128 valence electrons. The summed E-state index contributed by atoms with van der Waals surface area (Å²) in [5.41, 5.74) is 0.852. The number of halogens is 1. The highest BCUT2D eigenvalue weighted by atomic mass is 35.5. The first-order valence-electron chi connectivity index (χ1n) is 7.38. The van der Waals surface area contributed by atoms with Gasteiger partial charge in [0, 0.05) is 19.2 Å². The van der Waals surface area contributed by atoms with E-state index in [0.29, 0.717) is 28.8 Å². The summed E-state index contributed by atoms with van der Waals surface area (Å²) < 4.78 is 16.1. The summed E-state index contributed by atoms with van der Waals surface area (Å²) in [5, 5.41) is 0.474. The number of benzene rings is 2. The largest absolute Gasteiger partial charge is 0.493 e. The average molecular weight is 350 g/mol. The molecule has 6 heteroatoms. The van der Waals surface area contributed by atoms with E-state index in [9.17, 15) is 4.79 Å². The first kappa shape index (κ1) is 17.9.